The van der Waals surface area contributed by atoms with Crippen molar-refractivity contribution < 1.29 is 0 Å². The molecule has 1 N–H and O–H groups in total. The molecule has 0 saturated carbocycles. The van der Waals surface area contributed by atoms with Gasteiger partial charge in [-0.05, 0) is 99.8 Å². The summed E-state index contributed by atoms with van der Waals surface area (Å²) in [5, 5.41) is 16.3. The molecule has 8 aromatic carbocycles. The first-order valence-corrected chi connectivity index (χ1v) is 23.2. The zero-order valence-corrected chi connectivity index (χ0v) is 36.2. The lowest BCUT2D eigenvalue weighted by Crippen LogP contribution is -2.35. The number of nitrogens with one attached hydrogen (secondary N) is 1. The number of benzene rings is 8. The number of rotatable bonds is 5. The predicted octanol–water partition coefficient (Wildman–Crippen LogP) is 12.6. The Morgan fingerprint density at radius 2 is 1.29 bits per heavy atom. The van der Waals surface area contributed by atoms with Gasteiger partial charge in [0.25, 0.3) is 0 Å². The second-order valence-corrected chi connectivity index (χ2v) is 18.0. The standard InChI is InChI=1S/C61H43N5/c1-2-15-40(16-3-1)59-62-60(42-29-28-39-27-26-38-14-4-5-17-45(38)52(39)35-42)64-61(63-59)51-32-33-57(47-19-7-6-18-46(47)51)66-56-25-13-10-22-50(56)53-36-43-34-44(31-30-41(43)37-58(53)66)65-54-23-11-8-20-48(54)49-21-9-12-24-55(49)65/h1-12,14-24,26-33,35-37,43,60H,13,25,34H2,(H,62,63,64). The van der Waals surface area contributed by atoms with Gasteiger partial charge in [-0.3, -0.25) is 0 Å². The highest BCUT2D eigenvalue weighted by Crippen LogP contribution is 2.39. The molecular weight excluding hydrogens is 803 g/mol. The SMILES string of the molecule is C1=Cc2c(n(-c3ccc(C4=NC(c5ccccc5)=NC(c5ccc6ccc7ccccc7c6c5)N4)c4ccccc34)c3c2=CC2CC(n4c5ccccc5c5ccccc54)=CC=C2C=3)CC1. The largest absolute Gasteiger partial charge is 0.344 e. The van der Waals surface area contributed by atoms with Gasteiger partial charge >= 0.3 is 0 Å². The predicted molar refractivity (Wildman–Crippen MR) is 276 cm³/mol. The number of hydrogen-bond acceptors (Lipinski definition) is 3. The average Bonchev–Trinajstić information content (AvgIpc) is 3.89. The van der Waals surface area contributed by atoms with Gasteiger partial charge in [0, 0.05) is 55.4 Å². The summed E-state index contributed by atoms with van der Waals surface area (Å²) in [4.78, 5) is 10.6. The molecule has 5 nitrogen and oxygen atoms in total. The van der Waals surface area contributed by atoms with Crippen molar-refractivity contribution in [2.24, 2.45) is 15.9 Å². The maximum Gasteiger partial charge on any atom is 0.159 e. The quantitative estimate of drug-likeness (QED) is 0.172. The first-order valence-electron chi connectivity index (χ1n) is 23.2. The lowest BCUT2D eigenvalue weighted by Gasteiger charge is -2.25. The summed E-state index contributed by atoms with van der Waals surface area (Å²) in [5.41, 5.74) is 12.3. The van der Waals surface area contributed by atoms with E-state index in [2.05, 4.69) is 215 Å². The van der Waals surface area contributed by atoms with Crippen LogP contribution in [0.25, 0.3) is 83.7 Å². The van der Waals surface area contributed by atoms with Gasteiger partial charge in [-0.25, -0.2) is 9.98 Å². The van der Waals surface area contributed by atoms with E-state index in [9.17, 15) is 0 Å². The molecule has 312 valence electrons. The van der Waals surface area contributed by atoms with Crippen molar-refractivity contribution in [3.05, 3.63) is 232 Å². The Kier molecular flexibility index (Phi) is 8.23. The second-order valence-electron chi connectivity index (χ2n) is 18.0. The molecule has 2 aromatic heterocycles. The third kappa shape index (κ3) is 5.72. The molecule has 5 heteroatoms. The summed E-state index contributed by atoms with van der Waals surface area (Å²) in [6.45, 7) is 0. The molecule has 0 radical (unpaired) electrons. The van der Waals surface area contributed by atoms with E-state index < -0.39 is 0 Å². The number of amidine groups is 2. The fourth-order valence-corrected chi connectivity index (χ4v) is 11.3. The van der Waals surface area contributed by atoms with Gasteiger partial charge in [-0.2, -0.15) is 0 Å². The summed E-state index contributed by atoms with van der Waals surface area (Å²) in [7, 11) is 0. The molecule has 3 heterocycles. The van der Waals surface area contributed by atoms with Crippen LogP contribution < -0.4 is 15.9 Å². The van der Waals surface area contributed by atoms with Crippen molar-refractivity contribution in [3.8, 4) is 5.69 Å². The lowest BCUT2D eigenvalue weighted by atomic mass is 9.85. The molecule has 4 aliphatic rings. The van der Waals surface area contributed by atoms with Gasteiger partial charge in [0.2, 0.25) is 0 Å². The molecular formula is C61H43N5. The van der Waals surface area contributed by atoms with Crippen LogP contribution in [-0.2, 0) is 6.42 Å². The molecule has 0 amide bonds. The Hall–Kier alpha value is -8.28. The third-order valence-corrected chi connectivity index (χ3v) is 14.3. The summed E-state index contributed by atoms with van der Waals surface area (Å²) >= 11 is 0. The van der Waals surface area contributed by atoms with Crippen LogP contribution in [0.5, 0.6) is 0 Å². The summed E-state index contributed by atoms with van der Waals surface area (Å²) < 4.78 is 5.05. The third-order valence-electron chi connectivity index (χ3n) is 14.3. The van der Waals surface area contributed by atoms with Crippen LogP contribution in [0.1, 0.15) is 47.0 Å². The molecule has 0 saturated heterocycles. The number of nitrogens with zero attached hydrogens (tertiary/aromatic N) is 4. The van der Waals surface area contributed by atoms with E-state index in [0.29, 0.717) is 0 Å². The topological polar surface area (TPSA) is 46.6 Å². The van der Waals surface area contributed by atoms with Gasteiger partial charge in [0.1, 0.15) is 12.0 Å². The van der Waals surface area contributed by atoms with E-state index >= 15 is 0 Å². The number of allylic oxidation sites excluding steroid dienone is 5. The first-order chi connectivity index (χ1) is 32.7. The minimum absolute atomic E-state index is 0.275. The van der Waals surface area contributed by atoms with E-state index in [1.54, 1.807) is 0 Å². The Morgan fingerprint density at radius 1 is 0.591 bits per heavy atom. The molecule has 14 rings (SSSR count). The van der Waals surface area contributed by atoms with Crippen LogP contribution >= 0.6 is 0 Å². The van der Waals surface area contributed by atoms with Crippen molar-refractivity contribution in [2.75, 3.05) is 0 Å². The van der Waals surface area contributed by atoms with Crippen molar-refractivity contribution in [1.82, 2.24) is 14.5 Å². The highest BCUT2D eigenvalue weighted by molar-refractivity contribution is 6.18. The molecule has 1 aliphatic heterocycles. The molecule has 10 aromatic rings. The van der Waals surface area contributed by atoms with Crippen LogP contribution in [0.4, 0.5) is 0 Å². The fourth-order valence-electron chi connectivity index (χ4n) is 11.3. The van der Waals surface area contributed by atoms with Crippen molar-refractivity contribution in [1.29, 1.82) is 0 Å². The van der Waals surface area contributed by atoms with E-state index in [0.717, 1.165) is 53.0 Å². The monoisotopic (exact) mass is 845 g/mol. The van der Waals surface area contributed by atoms with Gasteiger partial charge in [0.15, 0.2) is 5.84 Å². The number of fused-ring (bicyclic) bond motifs is 11. The van der Waals surface area contributed by atoms with Crippen LogP contribution in [0.15, 0.2) is 204 Å². The van der Waals surface area contributed by atoms with E-state index in [4.69, 9.17) is 9.98 Å². The molecule has 0 fully saturated rings. The van der Waals surface area contributed by atoms with Gasteiger partial charge in [-0.15, -0.1) is 0 Å². The Bertz CT molecular complexity index is 3950. The number of hydrogen-bond donors (Lipinski definition) is 1. The highest BCUT2D eigenvalue weighted by atomic mass is 15.2. The maximum atomic E-state index is 5.31. The summed E-state index contributed by atoms with van der Waals surface area (Å²) in [6.07, 6.45) is 17.1. The summed E-state index contributed by atoms with van der Waals surface area (Å²) in [5.74, 6) is 1.81. The first kappa shape index (κ1) is 37.1. The van der Waals surface area contributed by atoms with Crippen LogP contribution in [0, 0.1) is 5.92 Å². The lowest BCUT2D eigenvalue weighted by molar-refractivity contribution is 0.675. The van der Waals surface area contributed by atoms with Gasteiger partial charge in [0.05, 0.1) is 22.1 Å². The minimum Gasteiger partial charge on any atom is -0.344 e. The summed E-state index contributed by atoms with van der Waals surface area (Å²) in [6, 6.07) is 61.2. The normalized spacial score (nSPS) is 17.6. The maximum absolute atomic E-state index is 5.31. The Balaban J connectivity index is 0.902. The number of aromatic nitrogens is 2. The average molecular weight is 846 g/mol. The van der Waals surface area contributed by atoms with Crippen molar-refractivity contribution >= 4 is 89.7 Å². The zero-order valence-electron chi connectivity index (χ0n) is 36.2. The van der Waals surface area contributed by atoms with Gasteiger partial charge in [-0.1, -0.05) is 164 Å². The molecule has 0 spiro atoms. The second kappa shape index (κ2) is 14.6. The Morgan fingerprint density at radius 3 is 2.11 bits per heavy atom. The molecule has 2 unspecified atom stereocenters. The van der Waals surface area contributed by atoms with E-state index in [1.807, 2.05) is 6.07 Å². The van der Waals surface area contributed by atoms with Crippen LogP contribution in [-0.4, -0.2) is 20.8 Å². The van der Waals surface area contributed by atoms with Crippen molar-refractivity contribution in [3.63, 3.8) is 0 Å². The van der Waals surface area contributed by atoms with E-state index in [-0.39, 0.29) is 12.1 Å². The van der Waals surface area contributed by atoms with Crippen molar-refractivity contribution in [2.45, 2.75) is 25.4 Å². The fraction of sp³-hybridized carbons (Fsp3) is 0.0820. The Labute approximate surface area is 381 Å². The highest BCUT2D eigenvalue weighted by Gasteiger charge is 2.28. The van der Waals surface area contributed by atoms with Crippen LogP contribution in [0.2, 0.25) is 0 Å². The molecule has 3 aliphatic carbocycles. The molecule has 66 heavy (non-hydrogen) atoms. The van der Waals surface area contributed by atoms with Gasteiger partial charge < -0.3 is 14.5 Å². The minimum atomic E-state index is -0.337. The number of para-hydroxylation sites is 2. The smallest absolute Gasteiger partial charge is 0.159 e. The zero-order chi connectivity index (χ0) is 43.3. The molecule has 0 bridgehead atoms. The van der Waals surface area contributed by atoms with E-state index in [1.165, 1.54) is 87.5 Å². The van der Waals surface area contributed by atoms with Crippen LogP contribution in [0.3, 0.4) is 0 Å². The number of aliphatic imine (C=N–C) groups is 2. The molecule has 2 atom stereocenters.